The molecular formula is C31H31N5OS. The third-order valence-electron chi connectivity index (χ3n) is 7.24. The summed E-state index contributed by atoms with van der Waals surface area (Å²) in [4.78, 5) is 27.8. The van der Waals surface area contributed by atoms with Crippen molar-refractivity contribution in [2.75, 3.05) is 44.2 Å². The molecule has 1 N–H and O–H groups in total. The number of para-hydroxylation sites is 1. The van der Waals surface area contributed by atoms with Crippen LogP contribution in [0, 0.1) is 0 Å². The fourth-order valence-electron chi connectivity index (χ4n) is 5.02. The Bertz CT molecular complexity index is 1570. The van der Waals surface area contributed by atoms with Crippen LogP contribution in [0.4, 0.5) is 5.13 Å². The van der Waals surface area contributed by atoms with Gasteiger partial charge in [-0.3, -0.25) is 9.69 Å². The number of amides is 1. The van der Waals surface area contributed by atoms with E-state index in [1.165, 1.54) is 10.3 Å². The highest BCUT2D eigenvalue weighted by atomic mass is 32.1. The minimum atomic E-state index is -0.0552. The van der Waals surface area contributed by atoms with Crippen LogP contribution in [-0.2, 0) is 6.42 Å². The fraction of sp³-hybridized carbons (Fsp3) is 0.258. The van der Waals surface area contributed by atoms with E-state index in [0.717, 1.165) is 72.0 Å². The predicted molar refractivity (Wildman–Crippen MR) is 157 cm³/mol. The van der Waals surface area contributed by atoms with Crippen LogP contribution in [0.15, 0.2) is 78.9 Å². The Morgan fingerprint density at radius 3 is 2.50 bits per heavy atom. The van der Waals surface area contributed by atoms with Gasteiger partial charge in [-0.15, -0.1) is 0 Å². The molecule has 1 aliphatic heterocycles. The van der Waals surface area contributed by atoms with E-state index in [4.69, 9.17) is 9.97 Å². The maximum Gasteiger partial charge on any atom is 0.252 e. The van der Waals surface area contributed by atoms with Gasteiger partial charge in [0, 0.05) is 50.2 Å². The van der Waals surface area contributed by atoms with Gasteiger partial charge < -0.3 is 10.2 Å². The molecule has 0 bridgehead atoms. The summed E-state index contributed by atoms with van der Waals surface area (Å²) in [6.45, 7) is 7.44. The third-order valence-corrected chi connectivity index (χ3v) is 8.32. The van der Waals surface area contributed by atoms with Gasteiger partial charge in [-0.05, 0) is 36.2 Å². The van der Waals surface area contributed by atoms with Gasteiger partial charge in [0.25, 0.3) is 5.91 Å². The SMILES string of the molecule is CCc1ccc2nc(N3CCN(CCNC(=O)c4cc(-c5ccccc5)nc5ccccc45)CC3)sc2c1. The quantitative estimate of drug-likeness (QED) is 0.301. The summed E-state index contributed by atoms with van der Waals surface area (Å²) in [5.74, 6) is -0.0552. The van der Waals surface area contributed by atoms with Crippen LogP contribution in [0.5, 0.6) is 0 Å². The highest BCUT2D eigenvalue weighted by Gasteiger charge is 2.20. The van der Waals surface area contributed by atoms with E-state index in [1.807, 2.05) is 60.7 Å². The van der Waals surface area contributed by atoms with Crippen molar-refractivity contribution in [2.24, 2.45) is 0 Å². The van der Waals surface area contributed by atoms with Gasteiger partial charge >= 0.3 is 0 Å². The lowest BCUT2D eigenvalue weighted by atomic mass is 10.0. The molecule has 0 aliphatic carbocycles. The van der Waals surface area contributed by atoms with Gasteiger partial charge in [-0.1, -0.05) is 72.9 Å². The number of piperazine rings is 1. The van der Waals surface area contributed by atoms with E-state index in [2.05, 4.69) is 40.2 Å². The van der Waals surface area contributed by atoms with Gasteiger partial charge in [0.1, 0.15) is 0 Å². The Balaban J connectivity index is 1.07. The van der Waals surface area contributed by atoms with Gasteiger partial charge in [-0.2, -0.15) is 0 Å². The lowest BCUT2D eigenvalue weighted by Gasteiger charge is -2.34. The normalized spacial score (nSPS) is 14.3. The molecule has 1 aliphatic rings. The zero-order valence-electron chi connectivity index (χ0n) is 21.6. The van der Waals surface area contributed by atoms with E-state index in [1.54, 1.807) is 11.3 Å². The molecule has 0 spiro atoms. The fourth-order valence-corrected chi connectivity index (χ4v) is 6.10. The number of nitrogens with one attached hydrogen (secondary N) is 1. The highest BCUT2D eigenvalue weighted by Crippen LogP contribution is 2.30. The Kier molecular flexibility index (Phi) is 7.03. The Morgan fingerprint density at radius 1 is 0.895 bits per heavy atom. The lowest BCUT2D eigenvalue weighted by molar-refractivity contribution is 0.0949. The number of carbonyl (C=O) groups excluding carboxylic acids is 1. The number of carbonyl (C=O) groups is 1. The Hall–Kier alpha value is -3.81. The molecule has 1 fully saturated rings. The number of hydrogen-bond acceptors (Lipinski definition) is 6. The first-order chi connectivity index (χ1) is 18.7. The molecule has 0 atom stereocenters. The van der Waals surface area contributed by atoms with Crippen LogP contribution in [0.3, 0.4) is 0 Å². The van der Waals surface area contributed by atoms with E-state index < -0.39 is 0 Å². The van der Waals surface area contributed by atoms with E-state index in [9.17, 15) is 4.79 Å². The minimum absolute atomic E-state index is 0.0552. The second-order valence-corrected chi connectivity index (χ2v) is 10.7. The molecule has 1 saturated heterocycles. The molecule has 1 amide bonds. The summed E-state index contributed by atoms with van der Waals surface area (Å²) in [6, 6.07) is 26.4. The zero-order chi connectivity index (χ0) is 25.9. The Labute approximate surface area is 226 Å². The molecule has 192 valence electrons. The number of anilines is 1. The number of benzene rings is 3. The molecule has 38 heavy (non-hydrogen) atoms. The van der Waals surface area contributed by atoms with Crippen molar-refractivity contribution in [3.63, 3.8) is 0 Å². The smallest absolute Gasteiger partial charge is 0.252 e. The molecule has 6 rings (SSSR count). The van der Waals surface area contributed by atoms with Crippen molar-refractivity contribution in [1.82, 2.24) is 20.2 Å². The number of aromatic nitrogens is 2. The molecular weight excluding hydrogens is 490 g/mol. The molecule has 5 aromatic rings. The first-order valence-electron chi connectivity index (χ1n) is 13.3. The van der Waals surface area contributed by atoms with E-state index in [-0.39, 0.29) is 5.91 Å². The number of thiazole rings is 1. The zero-order valence-corrected chi connectivity index (χ0v) is 22.4. The predicted octanol–water partition coefficient (Wildman–Crippen LogP) is 5.63. The van der Waals surface area contributed by atoms with Crippen molar-refractivity contribution < 1.29 is 4.79 Å². The second kappa shape index (κ2) is 10.9. The monoisotopic (exact) mass is 521 g/mol. The molecule has 0 unspecified atom stereocenters. The summed E-state index contributed by atoms with van der Waals surface area (Å²) in [5.41, 5.74) is 5.76. The highest BCUT2D eigenvalue weighted by molar-refractivity contribution is 7.22. The number of nitrogens with zero attached hydrogens (tertiary/aromatic N) is 4. The average Bonchev–Trinajstić information content (AvgIpc) is 3.41. The van der Waals surface area contributed by atoms with Crippen molar-refractivity contribution in [3.8, 4) is 11.3 Å². The molecule has 7 heteroatoms. The topological polar surface area (TPSA) is 61.4 Å². The third kappa shape index (κ3) is 5.12. The molecule has 0 radical (unpaired) electrons. The second-order valence-electron chi connectivity index (χ2n) is 9.67. The summed E-state index contributed by atoms with van der Waals surface area (Å²) in [7, 11) is 0. The van der Waals surface area contributed by atoms with E-state index >= 15 is 0 Å². The lowest BCUT2D eigenvalue weighted by Crippen LogP contribution is -2.48. The maximum atomic E-state index is 13.3. The van der Waals surface area contributed by atoms with Gasteiger partial charge in [0.2, 0.25) is 0 Å². The number of pyridine rings is 1. The van der Waals surface area contributed by atoms with Crippen molar-refractivity contribution in [1.29, 1.82) is 0 Å². The molecule has 2 aromatic heterocycles. The van der Waals surface area contributed by atoms with Gasteiger partial charge in [0.15, 0.2) is 5.13 Å². The van der Waals surface area contributed by atoms with Crippen LogP contribution in [0.2, 0.25) is 0 Å². The summed E-state index contributed by atoms with van der Waals surface area (Å²) in [5, 5.41) is 5.14. The van der Waals surface area contributed by atoms with Crippen molar-refractivity contribution >= 4 is 43.5 Å². The van der Waals surface area contributed by atoms with Crippen molar-refractivity contribution in [2.45, 2.75) is 13.3 Å². The summed E-state index contributed by atoms with van der Waals surface area (Å²) in [6.07, 6.45) is 1.05. The first kappa shape index (κ1) is 24.5. The van der Waals surface area contributed by atoms with Crippen LogP contribution in [-0.4, -0.2) is 60.0 Å². The van der Waals surface area contributed by atoms with Crippen LogP contribution >= 0.6 is 11.3 Å². The number of aryl methyl sites for hydroxylation is 1. The number of hydrogen-bond donors (Lipinski definition) is 1. The van der Waals surface area contributed by atoms with Crippen molar-refractivity contribution in [3.05, 3.63) is 90.0 Å². The number of rotatable bonds is 7. The first-order valence-corrected chi connectivity index (χ1v) is 14.1. The van der Waals surface area contributed by atoms with Crippen LogP contribution in [0.25, 0.3) is 32.4 Å². The van der Waals surface area contributed by atoms with Crippen LogP contribution < -0.4 is 10.2 Å². The van der Waals surface area contributed by atoms with E-state index in [0.29, 0.717) is 12.1 Å². The minimum Gasteiger partial charge on any atom is -0.351 e. The average molecular weight is 522 g/mol. The van der Waals surface area contributed by atoms with Gasteiger partial charge in [-0.25, -0.2) is 9.97 Å². The molecule has 0 saturated carbocycles. The number of fused-ring (bicyclic) bond motifs is 2. The molecule has 3 heterocycles. The molecule has 6 nitrogen and oxygen atoms in total. The summed E-state index contributed by atoms with van der Waals surface area (Å²) >= 11 is 1.79. The van der Waals surface area contributed by atoms with Crippen LogP contribution in [0.1, 0.15) is 22.8 Å². The molecule has 3 aromatic carbocycles. The maximum absolute atomic E-state index is 13.3. The largest absolute Gasteiger partial charge is 0.351 e. The Morgan fingerprint density at radius 2 is 1.68 bits per heavy atom. The van der Waals surface area contributed by atoms with Gasteiger partial charge in [0.05, 0.1) is 27.0 Å². The standard InChI is InChI=1S/C31H31N5OS/c1-2-22-12-13-27-29(20-22)38-31(34-27)36-18-16-35(17-19-36)15-14-32-30(37)25-21-28(23-8-4-3-5-9-23)33-26-11-7-6-10-24(25)26/h3-13,20-21H,2,14-19H2,1H3,(H,32,37). The summed E-state index contributed by atoms with van der Waals surface area (Å²) < 4.78 is 1.27.